The van der Waals surface area contributed by atoms with Gasteiger partial charge in [-0.1, -0.05) is 0 Å². The molecule has 3 heterocycles. The van der Waals surface area contributed by atoms with Gasteiger partial charge in [-0.25, -0.2) is 4.98 Å². The van der Waals surface area contributed by atoms with Crippen molar-refractivity contribution in [2.24, 2.45) is 0 Å². The van der Waals surface area contributed by atoms with Crippen LogP contribution in [0.5, 0.6) is 0 Å². The first-order valence-corrected chi connectivity index (χ1v) is 8.21. The maximum absolute atomic E-state index is 12.9. The summed E-state index contributed by atoms with van der Waals surface area (Å²) in [6, 6.07) is 4.48. The first kappa shape index (κ1) is 16.5. The zero-order valence-electron chi connectivity index (χ0n) is 14.4. The van der Waals surface area contributed by atoms with E-state index in [4.69, 9.17) is 0 Å². The molecule has 1 saturated heterocycles. The molecule has 6 heteroatoms. The molecular formula is C18H23N5O. The molecule has 0 N–H and O–H groups in total. The fraction of sp³-hybridized carbons (Fsp3) is 0.444. The Hall–Kier alpha value is -2.34. The van der Waals surface area contributed by atoms with Gasteiger partial charge in [-0.15, -0.1) is 0 Å². The SMILES string of the molecule is Cc1cnc(C(=O)N2CC[C@@H](N(C)C)[C@@H]2Cc2ccncc2)cn1. The topological polar surface area (TPSA) is 62.2 Å². The van der Waals surface area contributed by atoms with Crippen LogP contribution in [0.15, 0.2) is 36.9 Å². The first-order chi connectivity index (χ1) is 11.6. The van der Waals surface area contributed by atoms with Crippen LogP contribution in [-0.2, 0) is 6.42 Å². The van der Waals surface area contributed by atoms with Crippen LogP contribution in [0.4, 0.5) is 0 Å². The predicted octanol–water partition coefficient (Wildman–Crippen LogP) is 1.57. The number of carbonyl (C=O) groups is 1. The van der Waals surface area contributed by atoms with Crippen LogP contribution in [0.3, 0.4) is 0 Å². The highest BCUT2D eigenvalue weighted by Gasteiger charge is 2.38. The van der Waals surface area contributed by atoms with E-state index in [1.54, 1.807) is 24.8 Å². The number of carbonyl (C=O) groups excluding carboxylic acids is 1. The first-order valence-electron chi connectivity index (χ1n) is 8.21. The third kappa shape index (κ3) is 3.43. The van der Waals surface area contributed by atoms with Crippen LogP contribution in [-0.4, -0.2) is 63.4 Å². The van der Waals surface area contributed by atoms with Crippen LogP contribution in [0.25, 0.3) is 0 Å². The molecule has 126 valence electrons. The molecule has 2 aromatic rings. The Morgan fingerprint density at radius 1 is 1.25 bits per heavy atom. The van der Waals surface area contributed by atoms with Gasteiger partial charge in [0.05, 0.1) is 17.9 Å². The summed E-state index contributed by atoms with van der Waals surface area (Å²) in [5, 5.41) is 0. The number of rotatable bonds is 4. The van der Waals surface area contributed by atoms with E-state index in [0.717, 1.165) is 25.1 Å². The number of likely N-dealkylation sites (N-methyl/N-ethyl adjacent to an activating group) is 1. The van der Waals surface area contributed by atoms with Crippen molar-refractivity contribution in [3.63, 3.8) is 0 Å². The summed E-state index contributed by atoms with van der Waals surface area (Å²) >= 11 is 0. The average Bonchev–Trinajstić information content (AvgIpc) is 2.99. The molecule has 0 aliphatic carbocycles. The highest BCUT2D eigenvalue weighted by atomic mass is 16.2. The Balaban J connectivity index is 1.84. The van der Waals surface area contributed by atoms with E-state index in [9.17, 15) is 4.79 Å². The molecule has 3 rings (SSSR count). The van der Waals surface area contributed by atoms with Crippen molar-refractivity contribution in [2.75, 3.05) is 20.6 Å². The van der Waals surface area contributed by atoms with Crippen LogP contribution in [0.2, 0.25) is 0 Å². The third-order valence-corrected chi connectivity index (χ3v) is 4.63. The van der Waals surface area contributed by atoms with Gasteiger partial charge in [0.25, 0.3) is 5.91 Å². The van der Waals surface area contributed by atoms with Crippen molar-refractivity contribution in [1.29, 1.82) is 0 Å². The summed E-state index contributed by atoms with van der Waals surface area (Å²) in [7, 11) is 4.15. The number of pyridine rings is 1. The summed E-state index contributed by atoms with van der Waals surface area (Å²) in [5.74, 6) is -0.0362. The van der Waals surface area contributed by atoms with Gasteiger partial charge in [-0.2, -0.15) is 0 Å². The van der Waals surface area contributed by atoms with E-state index in [1.165, 1.54) is 5.56 Å². The van der Waals surface area contributed by atoms with Gasteiger partial charge in [-0.3, -0.25) is 14.8 Å². The fourth-order valence-electron chi connectivity index (χ4n) is 3.35. The van der Waals surface area contributed by atoms with E-state index in [0.29, 0.717) is 11.7 Å². The summed E-state index contributed by atoms with van der Waals surface area (Å²) < 4.78 is 0. The number of hydrogen-bond acceptors (Lipinski definition) is 5. The average molecular weight is 325 g/mol. The molecule has 1 fully saturated rings. The zero-order valence-corrected chi connectivity index (χ0v) is 14.4. The van der Waals surface area contributed by atoms with E-state index >= 15 is 0 Å². The Labute approximate surface area is 142 Å². The largest absolute Gasteiger partial charge is 0.332 e. The predicted molar refractivity (Wildman–Crippen MR) is 91.6 cm³/mol. The smallest absolute Gasteiger partial charge is 0.274 e. The summed E-state index contributed by atoms with van der Waals surface area (Å²) in [4.78, 5) is 29.6. The molecular weight excluding hydrogens is 302 g/mol. The second-order valence-corrected chi connectivity index (χ2v) is 6.49. The van der Waals surface area contributed by atoms with Crippen molar-refractivity contribution in [3.8, 4) is 0 Å². The lowest BCUT2D eigenvalue weighted by molar-refractivity contribution is 0.0698. The summed E-state index contributed by atoms with van der Waals surface area (Å²) in [5.41, 5.74) is 2.42. The number of aryl methyl sites for hydroxylation is 1. The molecule has 0 bridgehead atoms. The molecule has 24 heavy (non-hydrogen) atoms. The Morgan fingerprint density at radius 3 is 2.62 bits per heavy atom. The fourth-order valence-corrected chi connectivity index (χ4v) is 3.35. The van der Waals surface area contributed by atoms with E-state index in [1.807, 2.05) is 24.0 Å². The molecule has 2 aromatic heterocycles. The summed E-state index contributed by atoms with van der Waals surface area (Å²) in [6.45, 7) is 2.61. The molecule has 0 unspecified atom stereocenters. The van der Waals surface area contributed by atoms with Gasteiger partial charge in [0, 0.05) is 31.2 Å². The van der Waals surface area contributed by atoms with Gasteiger partial charge >= 0.3 is 0 Å². The molecule has 0 spiro atoms. The second-order valence-electron chi connectivity index (χ2n) is 6.49. The number of amides is 1. The van der Waals surface area contributed by atoms with Crippen LogP contribution in [0.1, 0.15) is 28.2 Å². The van der Waals surface area contributed by atoms with Gasteiger partial charge in [0.1, 0.15) is 5.69 Å². The van der Waals surface area contributed by atoms with Crippen LogP contribution in [0, 0.1) is 6.92 Å². The van der Waals surface area contributed by atoms with Gasteiger partial charge < -0.3 is 9.80 Å². The van der Waals surface area contributed by atoms with E-state index < -0.39 is 0 Å². The maximum atomic E-state index is 12.9. The highest BCUT2D eigenvalue weighted by molar-refractivity contribution is 5.92. The van der Waals surface area contributed by atoms with E-state index in [2.05, 4.69) is 33.9 Å². The second kappa shape index (κ2) is 7.05. The molecule has 1 aliphatic heterocycles. The lowest BCUT2D eigenvalue weighted by atomic mass is 10.00. The van der Waals surface area contributed by atoms with Gasteiger partial charge in [0.2, 0.25) is 0 Å². The lowest BCUT2D eigenvalue weighted by Crippen LogP contribution is -2.46. The van der Waals surface area contributed by atoms with Crippen molar-refractivity contribution in [2.45, 2.75) is 31.8 Å². The normalized spacial score (nSPS) is 20.6. The maximum Gasteiger partial charge on any atom is 0.274 e. The minimum Gasteiger partial charge on any atom is -0.332 e. The van der Waals surface area contributed by atoms with Crippen molar-refractivity contribution in [3.05, 3.63) is 53.9 Å². The molecule has 2 atom stereocenters. The molecule has 0 radical (unpaired) electrons. The standard InChI is InChI=1S/C18H23N5O/c1-13-11-21-15(12-20-13)18(24)23-9-6-16(22(2)3)17(23)10-14-4-7-19-8-5-14/h4-5,7-8,11-12,16-17H,6,9-10H2,1-3H3/t16-,17+/m1/s1. The minimum atomic E-state index is -0.0362. The monoisotopic (exact) mass is 325 g/mol. The van der Waals surface area contributed by atoms with Crippen molar-refractivity contribution in [1.82, 2.24) is 24.8 Å². The van der Waals surface area contributed by atoms with Crippen molar-refractivity contribution >= 4 is 5.91 Å². The minimum absolute atomic E-state index is 0.0362. The van der Waals surface area contributed by atoms with E-state index in [-0.39, 0.29) is 11.9 Å². The Kier molecular flexibility index (Phi) is 4.85. The van der Waals surface area contributed by atoms with Gasteiger partial charge in [0.15, 0.2) is 0 Å². The quantitative estimate of drug-likeness (QED) is 0.854. The van der Waals surface area contributed by atoms with Gasteiger partial charge in [-0.05, 0) is 51.6 Å². The number of aromatic nitrogens is 3. The number of likely N-dealkylation sites (tertiary alicyclic amines) is 1. The highest BCUT2D eigenvalue weighted by Crippen LogP contribution is 2.26. The molecule has 0 aromatic carbocycles. The number of nitrogens with zero attached hydrogens (tertiary/aromatic N) is 5. The van der Waals surface area contributed by atoms with Crippen LogP contribution < -0.4 is 0 Å². The van der Waals surface area contributed by atoms with Crippen molar-refractivity contribution < 1.29 is 4.79 Å². The Bertz CT molecular complexity index is 686. The van der Waals surface area contributed by atoms with Crippen LogP contribution >= 0.6 is 0 Å². The Morgan fingerprint density at radius 2 is 2.00 bits per heavy atom. The molecule has 0 saturated carbocycles. The third-order valence-electron chi connectivity index (χ3n) is 4.63. The molecule has 1 amide bonds. The zero-order chi connectivity index (χ0) is 17.1. The molecule has 1 aliphatic rings. The molecule has 6 nitrogen and oxygen atoms in total. The number of hydrogen-bond donors (Lipinski definition) is 0. The summed E-state index contributed by atoms with van der Waals surface area (Å²) in [6.07, 6.45) is 8.60. The lowest BCUT2D eigenvalue weighted by Gasteiger charge is -2.31.